The topological polar surface area (TPSA) is 139 Å². The number of nitrogen functional groups attached to an aromatic ring is 1. The zero-order valence-electron chi connectivity index (χ0n) is 17.2. The third-order valence-corrected chi connectivity index (χ3v) is 4.96. The summed E-state index contributed by atoms with van der Waals surface area (Å²) in [6.07, 6.45) is 3.70. The molecule has 3 rings (SSSR count). The number of hydrogen-bond acceptors (Lipinski definition) is 8. The number of carbonyl (C=O) groups excluding carboxylic acids is 1. The Balaban J connectivity index is 1.85. The molecule has 1 unspecified atom stereocenters. The molecule has 1 aliphatic heterocycles. The number of amides is 1. The number of nitro benzene ring substituents is 1. The van der Waals surface area contributed by atoms with Gasteiger partial charge in [-0.15, -0.1) is 0 Å². The molecule has 0 radical (unpaired) electrons. The van der Waals surface area contributed by atoms with Crippen molar-refractivity contribution < 1.29 is 9.72 Å². The molecule has 0 aliphatic carbocycles. The molecule has 160 valence electrons. The molecule has 1 atom stereocenters. The van der Waals surface area contributed by atoms with Crippen molar-refractivity contribution in [3.05, 3.63) is 40.1 Å². The summed E-state index contributed by atoms with van der Waals surface area (Å²) >= 11 is 0. The minimum absolute atomic E-state index is 0.0412. The van der Waals surface area contributed by atoms with Gasteiger partial charge < -0.3 is 21.3 Å². The molecule has 2 aromatic rings. The van der Waals surface area contributed by atoms with Crippen LogP contribution < -0.4 is 21.3 Å². The van der Waals surface area contributed by atoms with Gasteiger partial charge in [0, 0.05) is 49.6 Å². The van der Waals surface area contributed by atoms with Gasteiger partial charge in [-0.2, -0.15) is 4.98 Å². The number of nitrogens with two attached hydrogens (primary N) is 1. The maximum absolute atomic E-state index is 11.3. The van der Waals surface area contributed by atoms with Gasteiger partial charge in [-0.3, -0.25) is 14.9 Å². The molecule has 1 aliphatic rings. The van der Waals surface area contributed by atoms with Crippen LogP contribution in [-0.4, -0.2) is 39.9 Å². The molecule has 0 saturated carbocycles. The Bertz CT molecular complexity index is 935. The molecule has 1 saturated heterocycles. The van der Waals surface area contributed by atoms with Crippen LogP contribution in [0.1, 0.15) is 38.8 Å². The lowest BCUT2D eigenvalue weighted by Crippen LogP contribution is -2.35. The average Bonchev–Trinajstić information content (AvgIpc) is 3.15. The highest BCUT2D eigenvalue weighted by Gasteiger charge is 2.25. The van der Waals surface area contributed by atoms with Gasteiger partial charge in [0.15, 0.2) is 0 Å². The van der Waals surface area contributed by atoms with E-state index in [2.05, 4.69) is 32.4 Å². The summed E-state index contributed by atoms with van der Waals surface area (Å²) in [5.41, 5.74) is 7.01. The van der Waals surface area contributed by atoms with Crippen LogP contribution in [0, 0.1) is 10.1 Å². The van der Waals surface area contributed by atoms with Crippen LogP contribution >= 0.6 is 0 Å². The Labute approximate surface area is 175 Å². The molecule has 0 bridgehead atoms. The number of unbranched alkanes of at least 4 members (excludes halogenated alkanes) is 1. The lowest BCUT2D eigenvalue weighted by Gasteiger charge is -2.19. The number of aromatic nitrogens is 2. The first kappa shape index (κ1) is 21.3. The Morgan fingerprint density at radius 3 is 2.87 bits per heavy atom. The molecule has 30 heavy (non-hydrogen) atoms. The standard InChI is InChI=1S/C20H27N7O3/c1-3-4-5-14-11-19(26-9-8-16(12-26)22-13(2)28)25-20(23-14)24-15-6-7-17(21)18(10-15)27(29)30/h6-7,10-11,16H,3-5,8-9,12,21H2,1-2H3,(H,22,28)(H,23,24,25). The number of aryl methyl sites for hydroxylation is 1. The number of rotatable bonds is 8. The molecule has 4 N–H and O–H groups in total. The number of hydrogen-bond donors (Lipinski definition) is 3. The second-order valence-electron chi connectivity index (χ2n) is 7.43. The van der Waals surface area contributed by atoms with Crippen molar-refractivity contribution in [2.75, 3.05) is 29.0 Å². The van der Waals surface area contributed by atoms with Gasteiger partial charge in [-0.25, -0.2) is 4.98 Å². The predicted molar refractivity (Wildman–Crippen MR) is 116 cm³/mol. The van der Waals surface area contributed by atoms with Crippen molar-refractivity contribution in [2.24, 2.45) is 0 Å². The van der Waals surface area contributed by atoms with E-state index < -0.39 is 4.92 Å². The van der Waals surface area contributed by atoms with Crippen molar-refractivity contribution in [1.29, 1.82) is 0 Å². The maximum atomic E-state index is 11.3. The van der Waals surface area contributed by atoms with Crippen molar-refractivity contribution >= 4 is 34.7 Å². The van der Waals surface area contributed by atoms with Gasteiger partial charge in [0.1, 0.15) is 11.5 Å². The largest absolute Gasteiger partial charge is 0.393 e. The van der Waals surface area contributed by atoms with Crippen LogP contribution in [0.2, 0.25) is 0 Å². The summed E-state index contributed by atoms with van der Waals surface area (Å²) in [4.78, 5) is 33.3. The number of anilines is 4. The minimum Gasteiger partial charge on any atom is -0.393 e. The summed E-state index contributed by atoms with van der Waals surface area (Å²) in [5.74, 6) is 1.11. The van der Waals surface area contributed by atoms with E-state index in [1.807, 2.05) is 6.07 Å². The molecule has 1 aromatic heterocycles. The third-order valence-electron chi connectivity index (χ3n) is 4.96. The SMILES string of the molecule is CCCCc1cc(N2CCC(NC(C)=O)C2)nc(Nc2ccc(N)c([N+](=O)[O-])c2)n1. The molecule has 1 aromatic carbocycles. The fourth-order valence-electron chi connectivity index (χ4n) is 3.47. The predicted octanol–water partition coefficient (Wildman–Crippen LogP) is 2.77. The summed E-state index contributed by atoms with van der Waals surface area (Å²) < 4.78 is 0. The van der Waals surface area contributed by atoms with E-state index in [4.69, 9.17) is 5.73 Å². The van der Waals surface area contributed by atoms with Gasteiger partial charge in [-0.05, 0) is 31.4 Å². The van der Waals surface area contributed by atoms with Crippen LogP contribution in [-0.2, 0) is 11.2 Å². The second-order valence-corrected chi connectivity index (χ2v) is 7.43. The molecular formula is C20H27N7O3. The van der Waals surface area contributed by atoms with Crippen molar-refractivity contribution in [1.82, 2.24) is 15.3 Å². The fourth-order valence-corrected chi connectivity index (χ4v) is 3.47. The lowest BCUT2D eigenvalue weighted by atomic mass is 10.2. The van der Waals surface area contributed by atoms with E-state index in [-0.39, 0.29) is 23.3 Å². The van der Waals surface area contributed by atoms with Gasteiger partial charge >= 0.3 is 0 Å². The molecule has 10 heteroatoms. The maximum Gasteiger partial charge on any atom is 0.294 e. The summed E-state index contributed by atoms with van der Waals surface area (Å²) in [5, 5.41) is 17.2. The van der Waals surface area contributed by atoms with E-state index in [1.54, 1.807) is 6.07 Å². The molecule has 0 spiro atoms. The number of nitro groups is 1. The molecule has 2 heterocycles. The molecule has 1 fully saturated rings. The minimum atomic E-state index is -0.517. The van der Waals surface area contributed by atoms with Crippen LogP contribution in [0.15, 0.2) is 24.3 Å². The lowest BCUT2D eigenvalue weighted by molar-refractivity contribution is -0.383. The number of nitrogens with one attached hydrogen (secondary N) is 2. The highest BCUT2D eigenvalue weighted by molar-refractivity contribution is 5.73. The highest BCUT2D eigenvalue weighted by atomic mass is 16.6. The highest BCUT2D eigenvalue weighted by Crippen LogP contribution is 2.28. The Hall–Kier alpha value is -3.43. The fraction of sp³-hybridized carbons (Fsp3) is 0.450. The first-order chi connectivity index (χ1) is 14.4. The smallest absolute Gasteiger partial charge is 0.294 e. The van der Waals surface area contributed by atoms with Gasteiger partial charge in [0.2, 0.25) is 11.9 Å². The summed E-state index contributed by atoms with van der Waals surface area (Å²) in [7, 11) is 0. The number of benzene rings is 1. The van der Waals surface area contributed by atoms with Crippen LogP contribution in [0.3, 0.4) is 0 Å². The van der Waals surface area contributed by atoms with Crippen LogP contribution in [0.25, 0.3) is 0 Å². The molecule has 1 amide bonds. The van der Waals surface area contributed by atoms with E-state index in [9.17, 15) is 14.9 Å². The Kier molecular flexibility index (Phi) is 6.65. The zero-order valence-corrected chi connectivity index (χ0v) is 17.2. The monoisotopic (exact) mass is 413 g/mol. The van der Waals surface area contributed by atoms with E-state index in [0.717, 1.165) is 43.7 Å². The van der Waals surface area contributed by atoms with Gasteiger partial charge in [0.25, 0.3) is 5.69 Å². The van der Waals surface area contributed by atoms with Crippen molar-refractivity contribution in [3.63, 3.8) is 0 Å². The zero-order chi connectivity index (χ0) is 21.7. The molecular weight excluding hydrogens is 386 g/mol. The van der Waals surface area contributed by atoms with E-state index in [1.165, 1.54) is 19.1 Å². The summed E-state index contributed by atoms with van der Waals surface area (Å²) in [6, 6.07) is 6.59. The number of carbonyl (C=O) groups is 1. The average molecular weight is 413 g/mol. The van der Waals surface area contributed by atoms with Gasteiger partial charge in [0.05, 0.1) is 4.92 Å². The van der Waals surface area contributed by atoms with Crippen LogP contribution in [0.4, 0.5) is 28.8 Å². The normalized spacial score (nSPS) is 15.8. The number of nitrogens with zero attached hydrogens (tertiary/aromatic N) is 4. The Morgan fingerprint density at radius 2 is 2.17 bits per heavy atom. The second kappa shape index (κ2) is 9.38. The van der Waals surface area contributed by atoms with E-state index >= 15 is 0 Å². The first-order valence-corrected chi connectivity index (χ1v) is 10.1. The third kappa shape index (κ3) is 5.34. The van der Waals surface area contributed by atoms with Crippen LogP contribution in [0.5, 0.6) is 0 Å². The van der Waals surface area contributed by atoms with E-state index in [0.29, 0.717) is 18.2 Å². The summed E-state index contributed by atoms with van der Waals surface area (Å²) in [6.45, 7) is 5.09. The molecule has 10 nitrogen and oxygen atoms in total. The van der Waals surface area contributed by atoms with Gasteiger partial charge in [-0.1, -0.05) is 13.3 Å². The van der Waals surface area contributed by atoms with Crippen molar-refractivity contribution in [3.8, 4) is 0 Å². The quantitative estimate of drug-likeness (QED) is 0.341. The Morgan fingerprint density at radius 1 is 1.37 bits per heavy atom. The first-order valence-electron chi connectivity index (χ1n) is 10.1. The van der Waals surface area contributed by atoms with Crippen molar-refractivity contribution in [2.45, 2.75) is 45.6 Å².